The normalized spacial score (nSPS) is 10.5. The largest absolute Gasteiger partial charge is 0.496 e. The third-order valence-electron chi connectivity index (χ3n) is 4.23. The predicted molar refractivity (Wildman–Crippen MR) is 113 cm³/mol. The number of ether oxygens (including phenoxy) is 1. The van der Waals surface area contributed by atoms with Crippen LogP contribution in [-0.2, 0) is 5.75 Å². The molecule has 0 aliphatic rings. The number of carbonyl (C=O) groups excluding carboxylic acids is 1. The van der Waals surface area contributed by atoms with E-state index >= 15 is 0 Å². The van der Waals surface area contributed by atoms with Gasteiger partial charge in [-0.3, -0.25) is 4.79 Å². The second-order valence-electron chi connectivity index (χ2n) is 6.45. The van der Waals surface area contributed by atoms with Gasteiger partial charge in [0, 0.05) is 27.5 Å². The quantitative estimate of drug-likeness (QED) is 0.547. The highest BCUT2D eigenvalue weighted by molar-refractivity contribution is 7.98. The van der Waals surface area contributed by atoms with Crippen LogP contribution in [0.3, 0.4) is 0 Å². The number of hydrogen-bond donors (Lipinski definition) is 1. The second kappa shape index (κ2) is 8.78. The number of anilines is 1. The van der Waals surface area contributed by atoms with Crippen LogP contribution < -0.4 is 10.1 Å². The van der Waals surface area contributed by atoms with E-state index in [-0.39, 0.29) is 5.91 Å². The lowest BCUT2D eigenvalue weighted by atomic mass is 10.1. The summed E-state index contributed by atoms with van der Waals surface area (Å²) >= 11 is 1.73. The number of amides is 1. The smallest absolute Gasteiger partial charge is 0.255 e. The minimum atomic E-state index is -0.121. The van der Waals surface area contributed by atoms with E-state index in [1.54, 1.807) is 24.9 Å². The summed E-state index contributed by atoms with van der Waals surface area (Å²) in [6, 6.07) is 21.8. The maximum atomic E-state index is 12.6. The van der Waals surface area contributed by atoms with E-state index in [0.29, 0.717) is 5.56 Å². The van der Waals surface area contributed by atoms with Crippen molar-refractivity contribution in [1.82, 2.24) is 0 Å². The molecule has 3 aromatic rings. The van der Waals surface area contributed by atoms with E-state index in [2.05, 4.69) is 36.5 Å². The number of methoxy groups -OCH3 is 1. The van der Waals surface area contributed by atoms with Gasteiger partial charge in [0.05, 0.1) is 7.11 Å². The van der Waals surface area contributed by atoms with Crippen molar-refractivity contribution in [3.05, 3.63) is 89.0 Å². The third kappa shape index (κ3) is 5.14. The van der Waals surface area contributed by atoms with Gasteiger partial charge in [0.15, 0.2) is 0 Å². The summed E-state index contributed by atoms with van der Waals surface area (Å²) in [4.78, 5) is 13.8. The minimum absolute atomic E-state index is 0.121. The fourth-order valence-corrected chi connectivity index (χ4v) is 3.63. The van der Waals surface area contributed by atoms with Crippen LogP contribution in [0.15, 0.2) is 71.6 Å². The number of benzene rings is 3. The Bertz CT molecular complexity index is 935. The van der Waals surface area contributed by atoms with Crippen molar-refractivity contribution in [2.75, 3.05) is 12.4 Å². The Labute approximate surface area is 164 Å². The molecule has 3 rings (SSSR count). The van der Waals surface area contributed by atoms with Gasteiger partial charge >= 0.3 is 0 Å². The summed E-state index contributed by atoms with van der Waals surface area (Å²) in [6.07, 6.45) is 0. The van der Waals surface area contributed by atoms with Gasteiger partial charge in [0.1, 0.15) is 5.75 Å². The molecule has 0 aliphatic heterocycles. The number of rotatable bonds is 6. The lowest BCUT2D eigenvalue weighted by Gasteiger charge is -2.11. The van der Waals surface area contributed by atoms with Crippen LogP contribution in [-0.4, -0.2) is 13.0 Å². The molecule has 0 radical (unpaired) electrons. The molecule has 1 N–H and O–H groups in total. The maximum absolute atomic E-state index is 12.6. The highest BCUT2D eigenvalue weighted by Gasteiger charge is 2.11. The van der Waals surface area contributed by atoms with Gasteiger partial charge in [0.2, 0.25) is 0 Å². The van der Waals surface area contributed by atoms with Crippen LogP contribution in [0.4, 0.5) is 5.69 Å². The molecule has 0 saturated heterocycles. The number of thioether (sulfide) groups is 1. The molecule has 3 nitrogen and oxygen atoms in total. The van der Waals surface area contributed by atoms with E-state index in [9.17, 15) is 4.79 Å². The van der Waals surface area contributed by atoms with Crippen molar-refractivity contribution in [3.8, 4) is 5.75 Å². The van der Waals surface area contributed by atoms with E-state index in [0.717, 1.165) is 28.3 Å². The molecule has 1 amide bonds. The van der Waals surface area contributed by atoms with Crippen LogP contribution >= 0.6 is 11.8 Å². The molecule has 0 aliphatic carbocycles. The zero-order valence-electron chi connectivity index (χ0n) is 15.8. The van der Waals surface area contributed by atoms with Gasteiger partial charge in [-0.25, -0.2) is 0 Å². The standard InChI is InChI=1S/C23H23NO2S/c1-16-7-10-21(11-8-16)27-15-19-14-18(9-12-22(19)26-3)23(25)24-20-6-4-5-17(2)13-20/h4-14H,15H2,1-3H3,(H,24,25). The summed E-state index contributed by atoms with van der Waals surface area (Å²) in [5.74, 6) is 1.41. The number of nitrogens with one attached hydrogen (secondary N) is 1. The molecule has 0 atom stereocenters. The van der Waals surface area contributed by atoms with Crippen molar-refractivity contribution < 1.29 is 9.53 Å². The van der Waals surface area contributed by atoms with Crippen molar-refractivity contribution in [1.29, 1.82) is 0 Å². The minimum Gasteiger partial charge on any atom is -0.496 e. The van der Waals surface area contributed by atoms with Gasteiger partial charge in [-0.05, 0) is 61.9 Å². The summed E-state index contributed by atoms with van der Waals surface area (Å²) in [5, 5.41) is 2.96. The molecule has 3 aromatic carbocycles. The second-order valence-corrected chi connectivity index (χ2v) is 7.50. The molecule has 0 heterocycles. The van der Waals surface area contributed by atoms with E-state index in [1.807, 2.05) is 43.3 Å². The molecule has 0 spiro atoms. The summed E-state index contributed by atoms with van der Waals surface area (Å²) < 4.78 is 5.48. The average molecular weight is 378 g/mol. The first kappa shape index (κ1) is 19.1. The summed E-state index contributed by atoms with van der Waals surface area (Å²) in [6.45, 7) is 4.08. The first-order valence-corrected chi connectivity index (χ1v) is 9.78. The van der Waals surface area contributed by atoms with Gasteiger partial charge in [-0.1, -0.05) is 29.8 Å². The molecular formula is C23H23NO2S. The third-order valence-corrected chi connectivity index (χ3v) is 5.29. The Morgan fingerprint density at radius 1 is 0.963 bits per heavy atom. The van der Waals surface area contributed by atoms with Crippen molar-refractivity contribution in [2.45, 2.75) is 24.5 Å². The van der Waals surface area contributed by atoms with Crippen molar-refractivity contribution >= 4 is 23.4 Å². The monoisotopic (exact) mass is 377 g/mol. The number of carbonyl (C=O) groups is 1. The van der Waals surface area contributed by atoms with E-state index < -0.39 is 0 Å². The Hall–Kier alpha value is -2.72. The zero-order valence-corrected chi connectivity index (χ0v) is 16.6. The fraction of sp³-hybridized carbons (Fsp3) is 0.174. The summed E-state index contributed by atoms with van der Waals surface area (Å²) in [7, 11) is 1.65. The van der Waals surface area contributed by atoms with Gasteiger partial charge in [-0.2, -0.15) is 0 Å². The molecular weight excluding hydrogens is 354 g/mol. The molecule has 0 unspecified atom stereocenters. The fourth-order valence-electron chi connectivity index (χ4n) is 2.75. The topological polar surface area (TPSA) is 38.3 Å². The Morgan fingerprint density at radius 2 is 1.74 bits per heavy atom. The van der Waals surface area contributed by atoms with Crippen LogP contribution in [0.25, 0.3) is 0 Å². The maximum Gasteiger partial charge on any atom is 0.255 e. The molecule has 0 bridgehead atoms. The molecule has 0 fully saturated rings. The van der Waals surface area contributed by atoms with Gasteiger partial charge in [0.25, 0.3) is 5.91 Å². The van der Waals surface area contributed by atoms with Crippen LogP contribution in [0.1, 0.15) is 27.0 Å². The SMILES string of the molecule is COc1ccc(C(=O)Nc2cccc(C)c2)cc1CSc1ccc(C)cc1. The number of hydrogen-bond acceptors (Lipinski definition) is 3. The van der Waals surface area contributed by atoms with E-state index in [4.69, 9.17) is 4.74 Å². The molecule has 0 aromatic heterocycles. The highest BCUT2D eigenvalue weighted by Crippen LogP contribution is 2.29. The van der Waals surface area contributed by atoms with Gasteiger partial charge in [-0.15, -0.1) is 11.8 Å². The van der Waals surface area contributed by atoms with Crippen molar-refractivity contribution in [3.63, 3.8) is 0 Å². The number of aryl methyl sites for hydroxylation is 2. The Kier molecular flexibility index (Phi) is 6.20. The van der Waals surface area contributed by atoms with Crippen molar-refractivity contribution in [2.24, 2.45) is 0 Å². The molecule has 27 heavy (non-hydrogen) atoms. The Balaban J connectivity index is 1.75. The Morgan fingerprint density at radius 3 is 2.44 bits per heavy atom. The zero-order chi connectivity index (χ0) is 19.2. The van der Waals surface area contributed by atoms with E-state index in [1.165, 1.54) is 10.5 Å². The van der Waals surface area contributed by atoms with Crippen LogP contribution in [0.5, 0.6) is 5.75 Å². The average Bonchev–Trinajstić information content (AvgIpc) is 2.67. The molecule has 0 saturated carbocycles. The first-order chi connectivity index (χ1) is 13.0. The lowest BCUT2D eigenvalue weighted by Crippen LogP contribution is -2.12. The van der Waals surface area contributed by atoms with Crippen LogP contribution in [0, 0.1) is 13.8 Å². The predicted octanol–water partition coefficient (Wildman–Crippen LogP) is 5.86. The first-order valence-electron chi connectivity index (χ1n) is 8.79. The molecule has 4 heteroatoms. The van der Waals surface area contributed by atoms with Gasteiger partial charge < -0.3 is 10.1 Å². The highest BCUT2D eigenvalue weighted by atomic mass is 32.2. The lowest BCUT2D eigenvalue weighted by molar-refractivity contribution is 0.102. The summed E-state index contributed by atoms with van der Waals surface area (Å²) in [5.41, 5.74) is 4.77. The molecule has 138 valence electrons. The van der Waals surface area contributed by atoms with Crippen LogP contribution in [0.2, 0.25) is 0 Å².